The summed E-state index contributed by atoms with van der Waals surface area (Å²) in [6, 6.07) is 7.97. The first-order valence-electron chi connectivity index (χ1n) is 9.49. The van der Waals surface area contributed by atoms with E-state index in [-0.39, 0.29) is 17.8 Å². The molecule has 0 aromatic heterocycles. The second kappa shape index (κ2) is 6.62. The zero-order valence-corrected chi connectivity index (χ0v) is 16.0. The van der Waals surface area contributed by atoms with Crippen LogP contribution in [0.4, 0.5) is 5.69 Å². The van der Waals surface area contributed by atoms with Gasteiger partial charge in [0.1, 0.15) is 0 Å². The number of nitrogens with zero attached hydrogens (tertiary/aromatic N) is 2. The zero-order chi connectivity index (χ0) is 18.4. The predicted octanol–water partition coefficient (Wildman–Crippen LogP) is 1.90. The molecular weight excluding hydrogens is 352 g/mol. The molecule has 6 nitrogen and oxygen atoms in total. The van der Waals surface area contributed by atoms with Crippen LogP contribution in [0.3, 0.4) is 0 Å². The SMILES string of the molecule is CCS(=O)(=O)N1CCC2(CC1)C(=O)N(CC1CCCO1)c1ccccc12. The Morgan fingerprint density at radius 2 is 1.96 bits per heavy atom. The minimum Gasteiger partial charge on any atom is -0.376 e. The topological polar surface area (TPSA) is 66.9 Å². The third-order valence-electron chi connectivity index (χ3n) is 6.11. The van der Waals surface area contributed by atoms with Crippen molar-refractivity contribution in [1.29, 1.82) is 0 Å². The van der Waals surface area contributed by atoms with E-state index in [0.29, 0.717) is 32.5 Å². The van der Waals surface area contributed by atoms with Gasteiger partial charge >= 0.3 is 0 Å². The molecule has 1 amide bonds. The lowest BCUT2D eigenvalue weighted by atomic mass is 9.74. The van der Waals surface area contributed by atoms with Gasteiger partial charge < -0.3 is 9.64 Å². The van der Waals surface area contributed by atoms with Crippen molar-refractivity contribution in [2.24, 2.45) is 0 Å². The first kappa shape index (κ1) is 17.9. The number of anilines is 1. The monoisotopic (exact) mass is 378 g/mol. The normalized spacial score (nSPS) is 25.8. The van der Waals surface area contributed by atoms with Crippen LogP contribution in [0.5, 0.6) is 0 Å². The number of sulfonamides is 1. The highest BCUT2D eigenvalue weighted by atomic mass is 32.2. The van der Waals surface area contributed by atoms with Gasteiger partial charge in [-0.15, -0.1) is 0 Å². The Bertz CT molecular complexity index is 794. The molecule has 26 heavy (non-hydrogen) atoms. The van der Waals surface area contributed by atoms with Crippen LogP contribution < -0.4 is 4.90 Å². The third kappa shape index (κ3) is 2.77. The summed E-state index contributed by atoms with van der Waals surface area (Å²) in [4.78, 5) is 15.3. The van der Waals surface area contributed by atoms with Crippen molar-refractivity contribution in [3.05, 3.63) is 29.8 Å². The summed E-state index contributed by atoms with van der Waals surface area (Å²) in [5, 5.41) is 0. The Balaban J connectivity index is 1.62. The summed E-state index contributed by atoms with van der Waals surface area (Å²) < 4.78 is 31.7. The molecular formula is C19H26N2O4S. The third-order valence-corrected chi connectivity index (χ3v) is 7.99. The van der Waals surface area contributed by atoms with Crippen LogP contribution >= 0.6 is 0 Å². The van der Waals surface area contributed by atoms with E-state index in [9.17, 15) is 13.2 Å². The standard InChI is InChI=1S/C19H26N2O4S/c1-2-26(23,24)20-11-9-19(10-12-20)16-7-3-4-8-17(16)21(18(19)22)14-15-6-5-13-25-15/h3-4,7-8,15H,2,5-6,9-14H2,1H3. The molecule has 142 valence electrons. The quantitative estimate of drug-likeness (QED) is 0.803. The van der Waals surface area contributed by atoms with Crippen LogP contribution in [0.25, 0.3) is 0 Å². The van der Waals surface area contributed by atoms with Crippen molar-refractivity contribution < 1.29 is 17.9 Å². The Morgan fingerprint density at radius 3 is 2.62 bits per heavy atom. The number of amides is 1. The zero-order valence-electron chi connectivity index (χ0n) is 15.2. The van der Waals surface area contributed by atoms with E-state index in [1.54, 1.807) is 6.92 Å². The minimum atomic E-state index is -3.21. The van der Waals surface area contributed by atoms with Crippen molar-refractivity contribution in [2.45, 2.75) is 44.1 Å². The smallest absolute Gasteiger partial charge is 0.237 e. The molecule has 2 saturated heterocycles. The summed E-state index contributed by atoms with van der Waals surface area (Å²) >= 11 is 0. The number of carbonyl (C=O) groups is 1. The Kier molecular flexibility index (Phi) is 4.57. The number of fused-ring (bicyclic) bond motifs is 2. The number of piperidine rings is 1. The molecule has 0 N–H and O–H groups in total. The number of benzene rings is 1. The van der Waals surface area contributed by atoms with Crippen molar-refractivity contribution in [2.75, 3.05) is 36.9 Å². The highest BCUT2D eigenvalue weighted by Gasteiger charge is 2.53. The fraction of sp³-hybridized carbons (Fsp3) is 0.632. The van der Waals surface area contributed by atoms with E-state index in [4.69, 9.17) is 4.74 Å². The van der Waals surface area contributed by atoms with E-state index >= 15 is 0 Å². The van der Waals surface area contributed by atoms with E-state index in [1.165, 1.54) is 4.31 Å². The highest BCUT2D eigenvalue weighted by Crippen LogP contribution is 2.48. The van der Waals surface area contributed by atoms with E-state index in [0.717, 1.165) is 30.7 Å². The second-order valence-corrected chi connectivity index (χ2v) is 9.71. The lowest BCUT2D eigenvalue weighted by Gasteiger charge is -2.37. The predicted molar refractivity (Wildman–Crippen MR) is 99.7 cm³/mol. The maximum absolute atomic E-state index is 13.5. The van der Waals surface area contributed by atoms with E-state index < -0.39 is 15.4 Å². The lowest BCUT2D eigenvalue weighted by molar-refractivity contribution is -0.124. The van der Waals surface area contributed by atoms with Gasteiger partial charge in [0.25, 0.3) is 0 Å². The van der Waals surface area contributed by atoms with Crippen molar-refractivity contribution in [3.63, 3.8) is 0 Å². The fourth-order valence-corrected chi connectivity index (χ4v) is 5.69. The van der Waals surface area contributed by atoms with Crippen LogP contribution in [0, 0.1) is 0 Å². The summed E-state index contributed by atoms with van der Waals surface area (Å²) in [5.74, 6) is 0.220. The molecule has 3 aliphatic heterocycles. The van der Waals surface area contributed by atoms with Crippen LogP contribution in [0.1, 0.15) is 38.2 Å². The number of carbonyl (C=O) groups excluding carboxylic acids is 1. The summed E-state index contributed by atoms with van der Waals surface area (Å²) in [6.45, 7) is 3.84. The molecule has 2 fully saturated rings. The number of hydrogen-bond donors (Lipinski definition) is 0. The van der Waals surface area contributed by atoms with Gasteiger partial charge in [0.2, 0.25) is 15.9 Å². The molecule has 3 heterocycles. The number of para-hydroxylation sites is 1. The van der Waals surface area contributed by atoms with Gasteiger partial charge in [0, 0.05) is 25.4 Å². The van der Waals surface area contributed by atoms with Crippen LogP contribution in [0.2, 0.25) is 0 Å². The van der Waals surface area contributed by atoms with Gasteiger partial charge in [0.15, 0.2) is 0 Å². The molecule has 0 radical (unpaired) electrons. The van der Waals surface area contributed by atoms with Gasteiger partial charge in [-0.2, -0.15) is 0 Å². The van der Waals surface area contributed by atoms with Gasteiger partial charge in [-0.25, -0.2) is 12.7 Å². The van der Waals surface area contributed by atoms with E-state index in [2.05, 4.69) is 0 Å². The van der Waals surface area contributed by atoms with E-state index in [1.807, 2.05) is 29.2 Å². The Morgan fingerprint density at radius 1 is 1.23 bits per heavy atom. The van der Waals surface area contributed by atoms with Crippen LogP contribution in [0.15, 0.2) is 24.3 Å². The van der Waals surface area contributed by atoms with Gasteiger partial charge in [-0.1, -0.05) is 18.2 Å². The van der Waals surface area contributed by atoms with Crippen LogP contribution in [-0.4, -0.2) is 56.7 Å². The van der Waals surface area contributed by atoms with Gasteiger partial charge in [0.05, 0.1) is 23.8 Å². The molecule has 0 saturated carbocycles. The highest BCUT2D eigenvalue weighted by molar-refractivity contribution is 7.89. The molecule has 0 bridgehead atoms. The number of ether oxygens (including phenoxy) is 1. The van der Waals surface area contributed by atoms with Crippen molar-refractivity contribution in [3.8, 4) is 0 Å². The Labute approximate surface area is 155 Å². The number of rotatable bonds is 4. The average molecular weight is 378 g/mol. The number of hydrogen-bond acceptors (Lipinski definition) is 4. The molecule has 3 aliphatic rings. The molecule has 1 unspecified atom stereocenters. The molecule has 1 atom stereocenters. The summed E-state index contributed by atoms with van der Waals surface area (Å²) in [7, 11) is -3.21. The minimum absolute atomic E-state index is 0.0997. The fourth-order valence-electron chi connectivity index (χ4n) is 4.58. The first-order chi connectivity index (χ1) is 12.5. The van der Waals surface area contributed by atoms with Crippen molar-refractivity contribution in [1.82, 2.24) is 4.31 Å². The summed E-state index contributed by atoms with van der Waals surface area (Å²) in [6.07, 6.45) is 3.22. The molecule has 1 aromatic carbocycles. The second-order valence-electron chi connectivity index (χ2n) is 7.45. The molecule has 0 aliphatic carbocycles. The summed E-state index contributed by atoms with van der Waals surface area (Å²) in [5.41, 5.74) is 1.44. The molecule has 1 spiro atoms. The van der Waals surface area contributed by atoms with Gasteiger partial charge in [-0.05, 0) is 44.2 Å². The first-order valence-corrected chi connectivity index (χ1v) is 11.1. The maximum Gasteiger partial charge on any atom is 0.237 e. The molecule has 7 heteroatoms. The average Bonchev–Trinajstić information content (AvgIpc) is 3.25. The van der Waals surface area contributed by atoms with Gasteiger partial charge in [-0.3, -0.25) is 4.79 Å². The van der Waals surface area contributed by atoms with Crippen molar-refractivity contribution >= 4 is 21.6 Å². The van der Waals surface area contributed by atoms with Crippen LogP contribution in [-0.2, 0) is 25.0 Å². The molecule has 1 aromatic rings. The Hall–Kier alpha value is -1.44. The largest absolute Gasteiger partial charge is 0.376 e. The lowest BCUT2D eigenvalue weighted by Crippen LogP contribution is -2.51. The molecule has 4 rings (SSSR count). The maximum atomic E-state index is 13.5.